The molecule has 0 unspecified atom stereocenters. The van der Waals surface area contributed by atoms with Crippen LogP contribution in [-0.4, -0.2) is 43.3 Å². The zero-order valence-corrected chi connectivity index (χ0v) is 13.7. The molecule has 9 heteroatoms. The molecular formula is C16H19N3O6. The Hall–Kier alpha value is -2.94. The van der Waals surface area contributed by atoms with Crippen LogP contribution >= 0.6 is 0 Å². The highest BCUT2D eigenvalue weighted by atomic mass is 16.5. The maximum Gasteiger partial charge on any atom is 0.306 e. The van der Waals surface area contributed by atoms with Gasteiger partial charge in [0.1, 0.15) is 12.3 Å². The number of amides is 2. The van der Waals surface area contributed by atoms with Crippen LogP contribution in [-0.2, 0) is 19.1 Å². The molecule has 0 spiro atoms. The third kappa shape index (κ3) is 4.54. The number of ether oxygens (including phenoxy) is 2. The van der Waals surface area contributed by atoms with E-state index in [2.05, 4.69) is 0 Å². The van der Waals surface area contributed by atoms with Gasteiger partial charge in [0, 0.05) is 12.0 Å². The summed E-state index contributed by atoms with van der Waals surface area (Å²) < 4.78 is 10.1. The third-order valence-corrected chi connectivity index (χ3v) is 3.55. The maximum absolute atomic E-state index is 12.3. The second-order valence-corrected chi connectivity index (χ2v) is 5.25. The van der Waals surface area contributed by atoms with E-state index in [0.29, 0.717) is 17.0 Å². The lowest BCUT2D eigenvalue weighted by Crippen LogP contribution is -2.46. The molecule has 3 N–H and O–H groups in total. The number of ketones is 1. The van der Waals surface area contributed by atoms with Gasteiger partial charge in [-0.3, -0.25) is 29.5 Å². The molecule has 1 aliphatic rings. The van der Waals surface area contributed by atoms with E-state index < -0.39 is 17.8 Å². The number of nitrogens with one attached hydrogen (secondary N) is 1. The molecule has 1 heterocycles. The Morgan fingerprint density at radius 2 is 2.08 bits per heavy atom. The van der Waals surface area contributed by atoms with Gasteiger partial charge in [0.2, 0.25) is 0 Å². The molecule has 0 atom stereocenters. The Kier molecular flexibility index (Phi) is 6.07. The number of hydrogen-bond acceptors (Lipinski definition) is 7. The second-order valence-electron chi connectivity index (χ2n) is 5.25. The lowest BCUT2D eigenvalue weighted by molar-refractivity contribution is -0.143. The monoisotopic (exact) mass is 349 g/mol. The molecule has 1 aromatic carbocycles. The number of Topliss-reactive ketones (excluding diaryl/α,β-unsaturated/α-hetero) is 1. The van der Waals surface area contributed by atoms with Crippen LogP contribution in [0.25, 0.3) is 0 Å². The van der Waals surface area contributed by atoms with Crippen LogP contribution < -0.4 is 20.9 Å². The minimum atomic E-state index is -0.555. The first-order chi connectivity index (χ1) is 12.0. The van der Waals surface area contributed by atoms with Gasteiger partial charge in [-0.2, -0.15) is 0 Å². The van der Waals surface area contributed by atoms with E-state index in [1.807, 2.05) is 5.43 Å². The summed E-state index contributed by atoms with van der Waals surface area (Å²) in [6, 6.07) is 4.56. The largest absolute Gasteiger partial charge is 0.482 e. The van der Waals surface area contributed by atoms with Gasteiger partial charge in [-0.15, -0.1) is 0 Å². The van der Waals surface area contributed by atoms with Crippen LogP contribution in [0.1, 0.15) is 30.1 Å². The fraction of sp³-hybridized carbons (Fsp3) is 0.375. The molecule has 0 fully saturated rings. The molecule has 25 heavy (non-hydrogen) atoms. The molecule has 0 bridgehead atoms. The highest BCUT2D eigenvalue weighted by molar-refractivity contribution is 6.04. The zero-order chi connectivity index (χ0) is 18.4. The third-order valence-electron chi connectivity index (χ3n) is 3.55. The standard InChI is InChI=1S/C16H19N3O6/c1-2-24-16(23)6-4-12(20)10-3-5-13-11(7-10)19(8-14(21)18-17)15(22)9-25-13/h3,5,7H,2,4,6,8-9,17H2,1H3,(H,18,21). The van der Waals surface area contributed by atoms with Gasteiger partial charge >= 0.3 is 5.97 Å². The average Bonchev–Trinajstić information content (AvgIpc) is 2.61. The summed E-state index contributed by atoms with van der Waals surface area (Å²) in [5.41, 5.74) is 2.57. The van der Waals surface area contributed by atoms with E-state index >= 15 is 0 Å². The van der Waals surface area contributed by atoms with Crippen molar-refractivity contribution in [1.82, 2.24) is 5.43 Å². The molecule has 0 aromatic heterocycles. The van der Waals surface area contributed by atoms with Crippen LogP contribution in [0.2, 0.25) is 0 Å². The summed E-state index contributed by atoms with van der Waals surface area (Å²) in [6.07, 6.45) is -0.0474. The first-order valence-corrected chi connectivity index (χ1v) is 7.71. The number of rotatable bonds is 7. The molecule has 1 aliphatic heterocycles. The van der Waals surface area contributed by atoms with E-state index in [-0.39, 0.29) is 38.4 Å². The van der Waals surface area contributed by atoms with Crippen molar-refractivity contribution in [3.63, 3.8) is 0 Å². The normalized spacial score (nSPS) is 12.9. The lowest BCUT2D eigenvalue weighted by Gasteiger charge is -2.29. The summed E-state index contributed by atoms with van der Waals surface area (Å²) in [6.45, 7) is 1.45. The first-order valence-electron chi connectivity index (χ1n) is 7.71. The molecule has 0 saturated heterocycles. The van der Waals surface area contributed by atoms with Gasteiger partial charge in [0.25, 0.3) is 11.8 Å². The van der Waals surface area contributed by atoms with Crippen molar-refractivity contribution >= 4 is 29.3 Å². The maximum atomic E-state index is 12.3. The summed E-state index contributed by atoms with van der Waals surface area (Å²) >= 11 is 0. The van der Waals surface area contributed by atoms with Crippen LogP contribution in [0.5, 0.6) is 5.75 Å². The summed E-state index contributed by atoms with van der Waals surface area (Å²) in [4.78, 5) is 48.3. The van der Waals surface area contributed by atoms with Gasteiger partial charge in [0.15, 0.2) is 12.4 Å². The highest BCUT2D eigenvalue weighted by Gasteiger charge is 2.28. The number of carbonyl (C=O) groups excluding carboxylic acids is 4. The van der Waals surface area contributed by atoms with Crippen molar-refractivity contribution < 1.29 is 28.7 Å². The molecule has 2 rings (SSSR count). The quantitative estimate of drug-likeness (QED) is 0.232. The Bertz CT molecular complexity index is 703. The minimum Gasteiger partial charge on any atom is -0.482 e. The van der Waals surface area contributed by atoms with Gasteiger partial charge < -0.3 is 9.47 Å². The van der Waals surface area contributed by atoms with Crippen molar-refractivity contribution in [2.24, 2.45) is 5.84 Å². The van der Waals surface area contributed by atoms with E-state index in [0.717, 1.165) is 0 Å². The Morgan fingerprint density at radius 3 is 2.76 bits per heavy atom. The smallest absolute Gasteiger partial charge is 0.306 e. The van der Waals surface area contributed by atoms with Crippen molar-refractivity contribution in [1.29, 1.82) is 0 Å². The molecule has 2 amide bonds. The Morgan fingerprint density at radius 1 is 1.32 bits per heavy atom. The number of benzene rings is 1. The summed E-state index contributed by atoms with van der Waals surface area (Å²) in [5, 5.41) is 0. The van der Waals surface area contributed by atoms with Gasteiger partial charge in [0.05, 0.1) is 18.7 Å². The summed E-state index contributed by atoms with van der Waals surface area (Å²) in [7, 11) is 0. The number of nitrogens with zero attached hydrogens (tertiary/aromatic N) is 1. The predicted molar refractivity (Wildman–Crippen MR) is 86.8 cm³/mol. The van der Waals surface area contributed by atoms with Crippen molar-refractivity contribution in [2.45, 2.75) is 19.8 Å². The Balaban J connectivity index is 2.18. The van der Waals surface area contributed by atoms with E-state index in [4.69, 9.17) is 15.3 Å². The van der Waals surface area contributed by atoms with Crippen molar-refractivity contribution in [3.8, 4) is 5.75 Å². The van der Waals surface area contributed by atoms with Gasteiger partial charge in [-0.25, -0.2) is 5.84 Å². The molecule has 9 nitrogen and oxygen atoms in total. The number of hydrazine groups is 1. The molecule has 1 aromatic rings. The number of carbonyl (C=O) groups is 4. The Labute approximate surface area is 144 Å². The molecule has 0 radical (unpaired) electrons. The van der Waals surface area contributed by atoms with E-state index in [1.165, 1.54) is 11.0 Å². The topological polar surface area (TPSA) is 128 Å². The van der Waals surface area contributed by atoms with Gasteiger partial charge in [-0.05, 0) is 25.1 Å². The number of nitrogens with two attached hydrogens (primary N) is 1. The molecular weight excluding hydrogens is 330 g/mol. The predicted octanol–water partition coefficient (Wildman–Crippen LogP) is -0.0721. The second kappa shape index (κ2) is 8.25. The average molecular weight is 349 g/mol. The fourth-order valence-electron chi connectivity index (χ4n) is 2.33. The van der Waals surface area contributed by atoms with Crippen molar-refractivity contribution in [2.75, 3.05) is 24.7 Å². The number of fused-ring (bicyclic) bond motifs is 1. The summed E-state index contributed by atoms with van der Waals surface area (Å²) in [5.74, 6) is 3.73. The molecule has 0 aliphatic carbocycles. The first kappa shape index (κ1) is 18.4. The number of anilines is 1. The fourth-order valence-corrected chi connectivity index (χ4v) is 2.33. The highest BCUT2D eigenvalue weighted by Crippen LogP contribution is 2.33. The van der Waals surface area contributed by atoms with Crippen LogP contribution in [0, 0.1) is 0 Å². The van der Waals surface area contributed by atoms with Crippen LogP contribution in [0.4, 0.5) is 5.69 Å². The van der Waals surface area contributed by atoms with Crippen molar-refractivity contribution in [3.05, 3.63) is 23.8 Å². The lowest BCUT2D eigenvalue weighted by atomic mass is 10.0. The van der Waals surface area contributed by atoms with E-state index in [1.54, 1.807) is 19.1 Å². The zero-order valence-electron chi connectivity index (χ0n) is 13.7. The molecule has 0 saturated carbocycles. The number of hydrogen-bond donors (Lipinski definition) is 2. The number of esters is 1. The van der Waals surface area contributed by atoms with E-state index in [9.17, 15) is 19.2 Å². The van der Waals surface area contributed by atoms with Crippen LogP contribution in [0.3, 0.4) is 0 Å². The van der Waals surface area contributed by atoms with Crippen LogP contribution in [0.15, 0.2) is 18.2 Å². The SMILES string of the molecule is CCOC(=O)CCC(=O)c1ccc2c(c1)N(CC(=O)NN)C(=O)CO2. The van der Waals surface area contributed by atoms with Gasteiger partial charge in [-0.1, -0.05) is 0 Å². The molecule has 134 valence electrons. The minimum absolute atomic E-state index is 0.0181.